The van der Waals surface area contributed by atoms with Gasteiger partial charge in [0.15, 0.2) is 9.84 Å². The van der Waals surface area contributed by atoms with Crippen LogP contribution in [0.25, 0.3) is 0 Å². The minimum absolute atomic E-state index is 0.102. The number of hydrogen-bond acceptors (Lipinski definition) is 4. The summed E-state index contributed by atoms with van der Waals surface area (Å²) in [5.41, 5.74) is -0.238. The summed E-state index contributed by atoms with van der Waals surface area (Å²) in [6, 6.07) is 0.102. The van der Waals surface area contributed by atoms with Crippen molar-refractivity contribution >= 4 is 16.1 Å². The smallest absolute Gasteiger partial charge is 0.151 e. The summed E-state index contributed by atoms with van der Waals surface area (Å²) in [4.78, 5) is 13.7. The van der Waals surface area contributed by atoms with Crippen LogP contribution in [0.2, 0.25) is 0 Å². The molecule has 5 heteroatoms. The van der Waals surface area contributed by atoms with Crippen LogP contribution in [0.3, 0.4) is 0 Å². The largest absolute Gasteiger partial charge is 0.303 e. The Morgan fingerprint density at radius 2 is 1.84 bits per heavy atom. The van der Waals surface area contributed by atoms with Crippen molar-refractivity contribution < 1.29 is 13.2 Å². The van der Waals surface area contributed by atoms with E-state index in [1.807, 2.05) is 7.05 Å². The summed E-state index contributed by atoms with van der Waals surface area (Å²) in [7, 11) is -0.871. The fraction of sp³-hybridized carbons (Fsp3) is 0.929. The second kappa shape index (κ2) is 5.92. The highest BCUT2D eigenvalue weighted by Crippen LogP contribution is 2.34. The Bertz CT molecular complexity index is 410. The Morgan fingerprint density at radius 1 is 1.21 bits per heavy atom. The molecule has 0 aromatic rings. The molecule has 0 radical (unpaired) electrons. The van der Waals surface area contributed by atoms with E-state index < -0.39 is 9.84 Å². The van der Waals surface area contributed by atoms with Crippen LogP contribution in [-0.4, -0.2) is 50.7 Å². The number of aldehydes is 1. The summed E-state index contributed by atoms with van der Waals surface area (Å²) in [6.07, 6.45) is 8.45. The average molecular weight is 287 g/mol. The van der Waals surface area contributed by atoms with Gasteiger partial charge in [-0.2, -0.15) is 0 Å². The second-order valence-corrected chi connectivity index (χ2v) is 8.60. The van der Waals surface area contributed by atoms with E-state index >= 15 is 0 Å². The van der Waals surface area contributed by atoms with Crippen molar-refractivity contribution in [1.29, 1.82) is 0 Å². The first-order valence-electron chi connectivity index (χ1n) is 7.33. The summed E-state index contributed by atoms with van der Waals surface area (Å²) in [5.74, 6) is 0.564. The lowest BCUT2D eigenvalue weighted by atomic mass is 9.81. The van der Waals surface area contributed by atoms with Gasteiger partial charge in [-0.05, 0) is 26.3 Å². The van der Waals surface area contributed by atoms with Crippen molar-refractivity contribution in [2.75, 3.05) is 25.1 Å². The number of carbonyl (C=O) groups excluding carboxylic acids is 1. The summed E-state index contributed by atoms with van der Waals surface area (Å²) in [6.45, 7) is 0.719. The third kappa shape index (κ3) is 3.78. The molecule has 19 heavy (non-hydrogen) atoms. The first-order chi connectivity index (χ1) is 8.96. The minimum atomic E-state index is -2.85. The summed E-state index contributed by atoms with van der Waals surface area (Å²) < 4.78 is 23.1. The van der Waals surface area contributed by atoms with Crippen molar-refractivity contribution in [2.24, 2.45) is 5.41 Å². The van der Waals surface area contributed by atoms with Gasteiger partial charge in [0.2, 0.25) is 0 Å². The Morgan fingerprint density at radius 3 is 2.32 bits per heavy atom. The van der Waals surface area contributed by atoms with E-state index in [2.05, 4.69) is 4.90 Å². The van der Waals surface area contributed by atoms with Crippen LogP contribution in [0.5, 0.6) is 0 Å². The van der Waals surface area contributed by atoms with E-state index in [0.717, 1.165) is 38.5 Å². The molecule has 0 amide bonds. The fourth-order valence-corrected chi connectivity index (χ4v) is 5.30. The average Bonchev–Trinajstić information content (AvgIpc) is 2.60. The molecule has 0 N–H and O–H groups in total. The maximum absolute atomic E-state index is 11.6. The molecule has 2 rings (SSSR count). The van der Waals surface area contributed by atoms with Crippen molar-refractivity contribution in [1.82, 2.24) is 4.90 Å². The van der Waals surface area contributed by atoms with Gasteiger partial charge >= 0.3 is 0 Å². The van der Waals surface area contributed by atoms with Crippen LogP contribution in [-0.2, 0) is 14.6 Å². The molecule has 1 aliphatic carbocycles. The van der Waals surface area contributed by atoms with Crippen molar-refractivity contribution in [3.63, 3.8) is 0 Å². The van der Waals surface area contributed by atoms with E-state index in [-0.39, 0.29) is 17.2 Å². The third-order valence-electron chi connectivity index (χ3n) is 4.75. The van der Waals surface area contributed by atoms with Crippen LogP contribution >= 0.6 is 0 Å². The molecule has 1 unspecified atom stereocenters. The van der Waals surface area contributed by atoms with Gasteiger partial charge in [0.1, 0.15) is 6.29 Å². The zero-order chi connectivity index (χ0) is 13.9. The van der Waals surface area contributed by atoms with E-state index in [0.29, 0.717) is 12.2 Å². The normalized spacial score (nSPS) is 30.1. The molecule has 0 bridgehead atoms. The zero-order valence-electron chi connectivity index (χ0n) is 11.8. The summed E-state index contributed by atoms with van der Waals surface area (Å²) >= 11 is 0. The van der Waals surface area contributed by atoms with Crippen LogP contribution in [0.1, 0.15) is 44.9 Å². The first-order valence-corrected chi connectivity index (χ1v) is 9.16. The Kier molecular flexibility index (Phi) is 4.66. The molecule has 2 fully saturated rings. The topological polar surface area (TPSA) is 54.5 Å². The molecule has 0 aromatic carbocycles. The van der Waals surface area contributed by atoms with Crippen molar-refractivity contribution in [2.45, 2.75) is 51.0 Å². The highest BCUT2D eigenvalue weighted by atomic mass is 32.2. The molecular formula is C14H25NO3S. The minimum Gasteiger partial charge on any atom is -0.303 e. The number of sulfone groups is 1. The predicted octanol–water partition coefficient (Wildman–Crippen LogP) is 1.64. The molecule has 0 spiro atoms. The zero-order valence-corrected chi connectivity index (χ0v) is 12.6. The van der Waals surface area contributed by atoms with Crippen LogP contribution < -0.4 is 0 Å². The lowest BCUT2D eigenvalue weighted by molar-refractivity contribution is -0.118. The number of rotatable bonds is 4. The monoisotopic (exact) mass is 287 g/mol. The molecule has 4 nitrogen and oxygen atoms in total. The van der Waals surface area contributed by atoms with Crippen molar-refractivity contribution in [3.05, 3.63) is 0 Å². The second-order valence-electron chi connectivity index (χ2n) is 6.37. The van der Waals surface area contributed by atoms with Gasteiger partial charge in [-0.1, -0.05) is 25.7 Å². The quantitative estimate of drug-likeness (QED) is 0.583. The highest BCUT2D eigenvalue weighted by Gasteiger charge is 2.36. The molecule has 1 aliphatic heterocycles. The SMILES string of the molecule is CN(CC1(C=O)CCCCCC1)C1CCS(=O)(=O)C1. The van der Waals surface area contributed by atoms with Gasteiger partial charge < -0.3 is 9.69 Å². The van der Waals surface area contributed by atoms with Crippen LogP contribution in [0, 0.1) is 5.41 Å². The molecule has 1 heterocycles. The van der Waals surface area contributed by atoms with Gasteiger partial charge in [-0.15, -0.1) is 0 Å². The number of hydrogen-bond donors (Lipinski definition) is 0. The summed E-state index contributed by atoms with van der Waals surface area (Å²) in [5, 5.41) is 0. The molecule has 1 atom stereocenters. The first kappa shape index (κ1) is 15.0. The molecular weight excluding hydrogens is 262 g/mol. The number of carbonyl (C=O) groups is 1. The third-order valence-corrected chi connectivity index (χ3v) is 6.50. The van der Waals surface area contributed by atoms with Crippen LogP contribution in [0.15, 0.2) is 0 Å². The lowest BCUT2D eigenvalue weighted by Crippen LogP contribution is -2.42. The maximum Gasteiger partial charge on any atom is 0.151 e. The van der Waals surface area contributed by atoms with E-state index in [9.17, 15) is 13.2 Å². The molecule has 110 valence electrons. The lowest BCUT2D eigenvalue weighted by Gasteiger charge is -2.34. The van der Waals surface area contributed by atoms with E-state index in [4.69, 9.17) is 0 Å². The van der Waals surface area contributed by atoms with Crippen LogP contribution in [0.4, 0.5) is 0 Å². The Labute approximate surface area is 116 Å². The van der Waals surface area contributed by atoms with E-state index in [1.54, 1.807) is 0 Å². The Balaban J connectivity index is 1.99. The van der Waals surface area contributed by atoms with Gasteiger partial charge in [0.05, 0.1) is 11.5 Å². The standard InChI is InChI=1S/C14H25NO3S/c1-15(13-6-9-19(17,18)10-13)11-14(12-16)7-4-2-3-5-8-14/h12-13H,2-11H2,1H3. The Hall–Kier alpha value is -0.420. The van der Waals surface area contributed by atoms with Crippen molar-refractivity contribution in [3.8, 4) is 0 Å². The van der Waals surface area contributed by atoms with Gasteiger partial charge in [0.25, 0.3) is 0 Å². The predicted molar refractivity (Wildman–Crippen MR) is 75.9 cm³/mol. The molecule has 1 saturated carbocycles. The highest BCUT2D eigenvalue weighted by molar-refractivity contribution is 7.91. The van der Waals surface area contributed by atoms with Gasteiger partial charge in [0, 0.05) is 18.0 Å². The molecule has 2 aliphatic rings. The molecule has 0 aromatic heterocycles. The van der Waals surface area contributed by atoms with E-state index in [1.165, 1.54) is 12.8 Å². The molecule has 1 saturated heterocycles. The number of nitrogens with zero attached hydrogens (tertiary/aromatic N) is 1. The van der Waals surface area contributed by atoms with Gasteiger partial charge in [-0.3, -0.25) is 0 Å². The van der Waals surface area contributed by atoms with Gasteiger partial charge in [-0.25, -0.2) is 8.42 Å². The maximum atomic E-state index is 11.6. The fourth-order valence-electron chi connectivity index (χ4n) is 3.49.